The number of benzene rings is 6. The maximum atomic E-state index is 12.4. The molecule has 2 aromatic heterocycles. The van der Waals surface area contributed by atoms with Crippen LogP contribution in [0.3, 0.4) is 0 Å². The molecule has 131 heavy (non-hydrogen) atoms. The van der Waals surface area contributed by atoms with Gasteiger partial charge in [-0.3, -0.25) is 19.4 Å². The van der Waals surface area contributed by atoms with Crippen molar-refractivity contribution < 1.29 is 58.4 Å². The molecule has 0 amide bonds. The van der Waals surface area contributed by atoms with E-state index in [9.17, 15) is 30.0 Å². The molecule has 2 saturated heterocycles. The van der Waals surface area contributed by atoms with Crippen molar-refractivity contribution in [3.63, 3.8) is 0 Å². The van der Waals surface area contributed by atoms with Crippen LogP contribution in [0.2, 0.25) is 0 Å². The van der Waals surface area contributed by atoms with Crippen molar-refractivity contribution in [3.05, 3.63) is 154 Å². The van der Waals surface area contributed by atoms with Gasteiger partial charge in [0, 0.05) is 108 Å². The molecule has 2 aliphatic rings. The lowest BCUT2D eigenvalue weighted by atomic mass is 9.78. The van der Waals surface area contributed by atoms with Crippen molar-refractivity contribution >= 4 is 11.9 Å². The number of aromatic nitrogens is 6. The summed E-state index contributed by atoms with van der Waals surface area (Å²) in [4.78, 5) is 58.6. The Hall–Kier alpha value is -8.76. The molecule has 6 aromatic carbocycles. The first-order chi connectivity index (χ1) is 62.4. The number of esters is 2. The fourth-order valence-electron chi connectivity index (χ4n) is 18.3. The zero-order valence-electron chi connectivity index (χ0n) is 83.9. The first kappa shape index (κ1) is 108. The standard InChI is InChI=1S/C41H55N3O4.C40H53N3O4.C30H56N2O4/c1-6-7-8-9-10-11-12-13-14-15-16-23-47-27-33(45)28-48-34-19-22-37(38(46)26-34)41-43-39(35-20-17-29(2)24-31(35)4)42-40(44-41)36-21-18-30(3)25-32(36)5;1-6-7-8-9-10-11-12-13-14-15-22-46-26-32(44)27-47-33-18-21-36(37(45)25-33)40-42-38(34-19-16-28(2)23-30(34)4)41-39(43-40)35-20-17-29(3)24-31(35)5;1-27(2)19-23(20-28(3,4)31(27)9)35-25(33)17-15-13-11-12-14-16-18-26(34)36-24-21-29(5,6)32(10)30(7,8)22-24/h17-22,24-26,33,45-46H,6-16,23,27-28H2,1-5H3;16-21,23-25,32,44-45H,6-15,22,26-27H2,1-5H3;23-24H,11-22H2,1-10H3. The molecule has 0 bridgehead atoms. The number of carbonyl (C=O) groups is 2. The van der Waals surface area contributed by atoms with E-state index in [1.54, 1.807) is 24.3 Å². The highest BCUT2D eigenvalue weighted by molar-refractivity contribution is 5.75. The summed E-state index contributed by atoms with van der Waals surface area (Å²) < 4.78 is 34.7. The van der Waals surface area contributed by atoms with Gasteiger partial charge < -0.3 is 48.8 Å². The number of carbonyl (C=O) groups excluding carboxylic acids is 2. The third-order valence-electron chi connectivity index (χ3n) is 26.4. The van der Waals surface area contributed by atoms with Gasteiger partial charge in [-0.1, -0.05) is 257 Å². The monoisotopic (exact) mass is 1800 g/mol. The molecule has 20 nitrogen and oxygen atoms in total. The number of rotatable bonds is 50. The van der Waals surface area contributed by atoms with Crippen LogP contribution in [-0.2, 0) is 28.5 Å². The number of aromatic hydroxyl groups is 2. The summed E-state index contributed by atoms with van der Waals surface area (Å²) in [7, 11) is 4.33. The Morgan fingerprint density at radius 2 is 0.573 bits per heavy atom. The van der Waals surface area contributed by atoms with Gasteiger partial charge in [0.1, 0.15) is 60.6 Å². The number of aliphatic hydroxyl groups is 2. The van der Waals surface area contributed by atoms with Gasteiger partial charge in [0.25, 0.3) is 0 Å². The van der Waals surface area contributed by atoms with Gasteiger partial charge in [-0.2, -0.15) is 0 Å². The number of ether oxygens (including phenoxy) is 6. The van der Waals surface area contributed by atoms with Gasteiger partial charge in [-0.25, -0.2) is 29.9 Å². The number of unbranched alkanes of at least 4 members (excludes halogenated alkanes) is 24. The van der Waals surface area contributed by atoms with E-state index in [1.807, 2.05) is 76.2 Å². The second-order valence-electron chi connectivity index (χ2n) is 40.1. The highest BCUT2D eigenvalue weighted by Gasteiger charge is 2.46. The Labute approximate surface area is 787 Å². The first-order valence-corrected chi connectivity index (χ1v) is 49.6. The zero-order chi connectivity index (χ0) is 95.3. The average molecular weight is 1800 g/mol. The molecule has 0 spiro atoms. The minimum atomic E-state index is -0.760. The van der Waals surface area contributed by atoms with E-state index in [-0.39, 0.29) is 84.2 Å². The molecule has 4 heterocycles. The normalized spacial score (nSPS) is 15.4. The summed E-state index contributed by atoms with van der Waals surface area (Å²) in [5, 5.41) is 43.0. The molecule has 20 heteroatoms. The third-order valence-corrected chi connectivity index (χ3v) is 26.4. The zero-order valence-corrected chi connectivity index (χ0v) is 83.9. The van der Waals surface area contributed by atoms with E-state index in [0.717, 1.165) is 157 Å². The molecule has 8 aromatic rings. The minimum absolute atomic E-state index is 0.00474. The van der Waals surface area contributed by atoms with Gasteiger partial charge in [-0.05, 0) is 197 Å². The number of aliphatic hydroxyl groups excluding tert-OH is 2. The fourth-order valence-corrected chi connectivity index (χ4v) is 18.3. The van der Waals surface area contributed by atoms with Crippen LogP contribution in [-0.4, -0.2) is 172 Å². The van der Waals surface area contributed by atoms with Gasteiger partial charge in [0.05, 0.1) is 24.3 Å². The quantitative estimate of drug-likeness (QED) is 0.0204. The van der Waals surface area contributed by atoms with Crippen molar-refractivity contribution in [1.29, 1.82) is 0 Å². The maximum Gasteiger partial charge on any atom is 0.306 e. The summed E-state index contributed by atoms with van der Waals surface area (Å²) in [5.41, 5.74) is 13.6. The van der Waals surface area contributed by atoms with Gasteiger partial charge in [0.2, 0.25) is 0 Å². The van der Waals surface area contributed by atoms with Gasteiger partial charge in [0.15, 0.2) is 34.9 Å². The minimum Gasteiger partial charge on any atom is -0.507 e. The number of phenols is 2. The number of phenolic OH excluding ortho intramolecular Hbond substituents is 2. The largest absolute Gasteiger partial charge is 0.507 e. The highest BCUT2D eigenvalue weighted by Crippen LogP contribution is 2.42. The number of hydrogen-bond acceptors (Lipinski definition) is 20. The SMILES string of the molecule is CCCCCCCCCCCCCOCC(O)COc1ccc(-c2nc(-c3ccc(C)cc3C)nc(-c3ccc(C)cc3C)n2)c(O)c1.CCCCCCCCCCCCOCC(O)COc1ccc(-c2nc(-c3ccc(C)cc3C)nc(-c3ccc(C)cc3C)n2)c(O)c1.CN1C(C)(C)CC(OC(=O)CCCCCCCCC(=O)OC2CC(C)(C)N(C)C(C)(C)C2)CC1(C)C. The average Bonchev–Trinajstić information content (AvgIpc) is 0.784. The number of likely N-dealkylation sites (tertiary alicyclic amines) is 2. The van der Waals surface area contributed by atoms with E-state index in [0.29, 0.717) is 83.6 Å². The molecule has 720 valence electrons. The number of aryl methyl sites for hydroxylation is 8. The third kappa shape index (κ3) is 35.9. The summed E-state index contributed by atoms with van der Waals surface area (Å²) in [6.45, 7) is 40.6. The van der Waals surface area contributed by atoms with Crippen LogP contribution in [0, 0.1) is 55.4 Å². The Balaban J connectivity index is 0.000000245. The van der Waals surface area contributed by atoms with Crippen molar-refractivity contribution in [2.75, 3.05) is 53.7 Å². The molecule has 2 fully saturated rings. The molecular formula is C111H164N8O12. The summed E-state index contributed by atoms with van der Waals surface area (Å²) in [6, 6.07) is 34.8. The number of hydrogen-bond donors (Lipinski definition) is 4. The van der Waals surface area contributed by atoms with E-state index < -0.39 is 12.2 Å². The second-order valence-corrected chi connectivity index (χ2v) is 40.1. The predicted octanol–water partition coefficient (Wildman–Crippen LogP) is 25.9. The number of nitrogens with zero attached hydrogens (tertiary/aromatic N) is 8. The van der Waals surface area contributed by atoms with Crippen LogP contribution in [0.15, 0.2) is 109 Å². The summed E-state index contributed by atoms with van der Waals surface area (Å²) in [5.74, 6) is 3.66. The lowest BCUT2D eigenvalue weighted by molar-refractivity contribution is -0.160. The topological polar surface area (TPSA) is 254 Å². The molecular weight excluding hydrogens is 1640 g/mol. The molecule has 0 saturated carbocycles. The Morgan fingerprint density at radius 3 is 0.824 bits per heavy atom. The predicted molar refractivity (Wildman–Crippen MR) is 533 cm³/mol. The van der Waals surface area contributed by atoms with Gasteiger partial charge in [-0.15, -0.1) is 0 Å². The molecule has 2 aliphatic heterocycles. The molecule has 2 unspecified atom stereocenters. The van der Waals surface area contributed by atoms with Crippen LogP contribution in [0.25, 0.3) is 68.3 Å². The molecule has 0 radical (unpaired) electrons. The van der Waals surface area contributed by atoms with Crippen LogP contribution in [0.5, 0.6) is 23.0 Å². The van der Waals surface area contributed by atoms with E-state index in [1.165, 1.54) is 121 Å². The first-order valence-electron chi connectivity index (χ1n) is 49.6. The second kappa shape index (κ2) is 54.0. The molecule has 10 rings (SSSR count). The van der Waals surface area contributed by atoms with Crippen LogP contribution >= 0.6 is 0 Å². The van der Waals surface area contributed by atoms with Gasteiger partial charge >= 0.3 is 11.9 Å². The maximum absolute atomic E-state index is 12.4. The Morgan fingerprint density at radius 1 is 0.336 bits per heavy atom. The van der Waals surface area contributed by atoms with Crippen molar-refractivity contribution in [1.82, 2.24) is 39.7 Å². The Bertz CT molecular complexity index is 4570. The van der Waals surface area contributed by atoms with E-state index >= 15 is 0 Å². The van der Waals surface area contributed by atoms with E-state index in [2.05, 4.69) is 145 Å². The summed E-state index contributed by atoms with van der Waals surface area (Å²) in [6.07, 6.45) is 36.0. The smallest absolute Gasteiger partial charge is 0.306 e. The van der Waals surface area contributed by atoms with Crippen molar-refractivity contribution in [2.45, 2.75) is 383 Å². The van der Waals surface area contributed by atoms with Crippen LogP contribution < -0.4 is 9.47 Å². The number of piperidine rings is 2. The lowest BCUT2D eigenvalue weighted by Gasteiger charge is -2.53. The highest BCUT2D eigenvalue weighted by atomic mass is 16.6. The Kier molecular flexibility index (Phi) is 44.3. The molecule has 2 atom stereocenters. The van der Waals surface area contributed by atoms with Crippen LogP contribution in [0.4, 0.5) is 0 Å². The van der Waals surface area contributed by atoms with E-state index in [4.69, 9.17) is 58.3 Å². The lowest BCUT2D eigenvalue weighted by Crippen LogP contribution is -2.60. The van der Waals surface area contributed by atoms with Crippen molar-refractivity contribution in [2.24, 2.45) is 0 Å². The molecule has 0 aliphatic carbocycles. The molecule has 4 N–H and O–H groups in total. The summed E-state index contributed by atoms with van der Waals surface area (Å²) >= 11 is 0. The van der Waals surface area contributed by atoms with Crippen molar-refractivity contribution in [3.8, 4) is 91.3 Å². The van der Waals surface area contributed by atoms with Crippen LogP contribution in [0.1, 0.15) is 326 Å². The fraction of sp³-hybridized carbons (Fsp3) is 0.604.